The summed E-state index contributed by atoms with van der Waals surface area (Å²) in [6, 6.07) is 14.5. The Kier molecular flexibility index (Phi) is 10.6. The van der Waals surface area contributed by atoms with Gasteiger partial charge >= 0.3 is 6.61 Å². The molecule has 2 aromatic carbocycles. The molecule has 0 bridgehead atoms. The van der Waals surface area contributed by atoms with E-state index >= 15 is 0 Å². The molecule has 0 aliphatic carbocycles. The van der Waals surface area contributed by atoms with E-state index < -0.39 is 6.61 Å². The highest BCUT2D eigenvalue weighted by molar-refractivity contribution is 14.0. The number of aliphatic imine (C=N–C) groups is 1. The fourth-order valence-electron chi connectivity index (χ4n) is 2.40. The van der Waals surface area contributed by atoms with E-state index in [1.807, 2.05) is 38.1 Å². The van der Waals surface area contributed by atoms with Crippen molar-refractivity contribution in [2.75, 3.05) is 7.05 Å². The zero-order chi connectivity index (χ0) is 19.6. The molecular weight excluding hydrogens is 479 g/mol. The predicted molar refractivity (Wildman–Crippen MR) is 118 cm³/mol. The van der Waals surface area contributed by atoms with Crippen molar-refractivity contribution < 1.29 is 18.3 Å². The van der Waals surface area contributed by atoms with Crippen LogP contribution in [0.15, 0.2) is 53.5 Å². The van der Waals surface area contributed by atoms with Gasteiger partial charge in [-0.15, -0.1) is 24.0 Å². The molecule has 0 saturated carbocycles. The summed E-state index contributed by atoms with van der Waals surface area (Å²) < 4.78 is 35.1. The molecule has 0 aromatic heterocycles. The molecular formula is C20H26F2IN3O2. The topological polar surface area (TPSA) is 54.9 Å². The maximum absolute atomic E-state index is 12.5. The van der Waals surface area contributed by atoms with Crippen molar-refractivity contribution in [3.05, 3.63) is 59.7 Å². The average Bonchev–Trinajstić information content (AvgIpc) is 2.63. The minimum Gasteiger partial charge on any atom is -0.491 e. The van der Waals surface area contributed by atoms with Gasteiger partial charge in [-0.2, -0.15) is 8.78 Å². The summed E-state index contributed by atoms with van der Waals surface area (Å²) in [5, 5.41) is 6.28. The average molecular weight is 505 g/mol. The van der Waals surface area contributed by atoms with Crippen LogP contribution in [0, 0.1) is 0 Å². The molecule has 0 spiro atoms. The van der Waals surface area contributed by atoms with Crippen LogP contribution in [-0.2, 0) is 13.1 Å². The monoisotopic (exact) mass is 505 g/mol. The standard InChI is InChI=1S/C20H25F2N3O2.HI/c1-14(2)26-17-10-8-15(9-11-17)12-24-20(23-3)25-13-16-6-4-5-7-18(16)27-19(21)22;/h4-11,14,19H,12-13H2,1-3H3,(H2,23,24,25);1H. The fourth-order valence-corrected chi connectivity index (χ4v) is 2.40. The third kappa shape index (κ3) is 8.28. The molecule has 8 heteroatoms. The highest BCUT2D eigenvalue weighted by Gasteiger charge is 2.09. The number of alkyl halides is 2. The molecule has 0 unspecified atom stereocenters. The number of guanidine groups is 1. The third-order valence-corrected chi connectivity index (χ3v) is 3.61. The first kappa shape index (κ1) is 23.9. The number of para-hydroxylation sites is 1. The van der Waals surface area contributed by atoms with E-state index in [9.17, 15) is 8.78 Å². The van der Waals surface area contributed by atoms with Crippen LogP contribution in [0.3, 0.4) is 0 Å². The summed E-state index contributed by atoms with van der Waals surface area (Å²) in [4.78, 5) is 4.15. The minimum absolute atomic E-state index is 0. The largest absolute Gasteiger partial charge is 0.491 e. The van der Waals surface area contributed by atoms with Crippen LogP contribution in [0.5, 0.6) is 11.5 Å². The number of rotatable bonds is 8. The Morgan fingerprint density at radius 3 is 2.21 bits per heavy atom. The minimum atomic E-state index is -2.86. The van der Waals surface area contributed by atoms with Crippen LogP contribution >= 0.6 is 24.0 Å². The number of ether oxygens (including phenoxy) is 2. The second-order valence-electron chi connectivity index (χ2n) is 6.08. The molecule has 0 amide bonds. The quantitative estimate of drug-likeness (QED) is 0.314. The van der Waals surface area contributed by atoms with Crippen LogP contribution in [0.25, 0.3) is 0 Å². The number of benzene rings is 2. The maximum atomic E-state index is 12.5. The number of nitrogens with zero attached hydrogens (tertiary/aromatic N) is 1. The van der Waals surface area contributed by atoms with Gasteiger partial charge in [-0.05, 0) is 37.6 Å². The SMILES string of the molecule is CN=C(NCc1ccc(OC(C)C)cc1)NCc1ccccc1OC(F)F.I. The summed E-state index contributed by atoms with van der Waals surface area (Å²) in [5.74, 6) is 1.53. The Morgan fingerprint density at radius 2 is 1.61 bits per heavy atom. The normalized spacial score (nSPS) is 11.2. The lowest BCUT2D eigenvalue weighted by atomic mass is 10.2. The lowest BCUT2D eigenvalue weighted by Gasteiger charge is -2.15. The number of hydrogen-bond acceptors (Lipinski definition) is 3. The summed E-state index contributed by atoms with van der Waals surface area (Å²) >= 11 is 0. The molecule has 0 saturated heterocycles. The van der Waals surface area contributed by atoms with Gasteiger partial charge in [0, 0.05) is 25.7 Å². The molecule has 2 aromatic rings. The molecule has 0 aliphatic rings. The molecule has 28 heavy (non-hydrogen) atoms. The molecule has 5 nitrogen and oxygen atoms in total. The smallest absolute Gasteiger partial charge is 0.387 e. The van der Waals surface area contributed by atoms with E-state index in [1.165, 1.54) is 6.07 Å². The molecule has 0 atom stereocenters. The van der Waals surface area contributed by atoms with Crippen LogP contribution in [-0.4, -0.2) is 25.7 Å². The van der Waals surface area contributed by atoms with Gasteiger partial charge in [0.15, 0.2) is 5.96 Å². The number of halogens is 3. The second kappa shape index (κ2) is 12.4. The summed E-state index contributed by atoms with van der Waals surface area (Å²) in [6.45, 7) is 1.98. The van der Waals surface area contributed by atoms with Crippen molar-refractivity contribution >= 4 is 29.9 Å². The first-order chi connectivity index (χ1) is 13.0. The fraction of sp³-hybridized carbons (Fsp3) is 0.350. The summed E-state index contributed by atoms with van der Waals surface area (Å²) in [7, 11) is 1.65. The third-order valence-electron chi connectivity index (χ3n) is 3.61. The lowest BCUT2D eigenvalue weighted by Crippen LogP contribution is -2.36. The molecule has 2 rings (SSSR count). The summed E-state index contributed by atoms with van der Waals surface area (Å²) in [5.41, 5.74) is 1.69. The van der Waals surface area contributed by atoms with Gasteiger partial charge in [0.25, 0.3) is 0 Å². The molecule has 0 heterocycles. The van der Waals surface area contributed by atoms with Crippen molar-refractivity contribution in [3.8, 4) is 11.5 Å². The Bertz CT molecular complexity index is 740. The molecule has 0 aliphatic heterocycles. The van der Waals surface area contributed by atoms with Crippen molar-refractivity contribution in [1.29, 1.82) is 0 Å². The van der Waals surface area contributed by atoms with Gasteiger partial charge in [0.2, 0.25) is 0 Å². The Morgan fingerprint density at radius 1 is 0.964 bits per heavy atom. The van der Waals surface area contributed by atoms with Gasteiger partial charge in [-0.1, -0.05) is 30.3 Å². The van der Waals surface area contributed by atoms with Crippen molar-refractivity contribution in [2.45, 2.75) is 39.7 Å². The Balaban J connectivity index is 0.00000392. The Hall–Kier alpha value is -2.10. The van der Waals surface area contributed by atoms with Crippen LogP contribution in [0.2, 0.25) is 0 Å². The van der Waals surface area contributed by atoms with Gasteiger partial charge in [0.1, 0.15) is 11.5 Å². The molecule has 154 valence electrons. The van der Waals surface area contributed by atoms with Crippen molar-refractivity contribution in [1.82, 2.24) is 10.6 Å². The molecule has 0 fully saturated rings. The van der Waals surface area contributed by atoms with Crippen LogP contribution in [0.4, 0.5) is 8.78 Å². The van der Waals surface area contributed by atoms with Crippen molar-refractivity contribution in [2.24, 2.45) is 4.99 Å². The van der Waals surface area contributed by atoms with E-state index in [1.54, 1.807) is 25.2 Å². The van der Waals surface area contributed by atoms with Gasteiger partial charge in [0.05, 0.1) is 6.10 Å². The first-order valence-electron chi connectivity index (χ1n) is 8.70. The van der Waals surface area contributed by atoms with Gasteiger partial charge in [-0.25, -0.2) is 0 Å². The molecule has 2 N–H and O–H groups in total. The van der Waals surface area contributed by atoms with E-state index in [0.717, 1.165) is 11.3 Å². The first-order valence-corrected chi connectivity index (χ1v) is 8.70. The summed E-state index contributed by atoms with van der Waals surface area (Å²) in [6.07, 6.45) is 0.133. The van der Waals surface area contributed by atoms with E-state index in [0.29, 0.717) is 24.6 Å². The predicted octanol–water partition coefficient (Wildman–Crippen LogP) is 4.56. The zero-order valence-corrected chi connectivity index (χ0v) is 18.4. The number of nitrogens with one attached hydrogen (secondary N) is 2. The molecule has 0 radical (unpaired) electrons. The number of hydrogen-bond donors (Lipinski definition) is 2. The van der Waals surface area contributed by atoms with E-state index in [4.69, 9.17) is 4.74 Å². The highest BCUT2D eigenvalue weighted by Crippen LogP contribution is 2.20. The second-order valence-corrected chi connectivity index (χ2v) is 6.08. The highest BCUT2D eigenvalue weighted by atomic mass is 127. The van der Waals surface area contributed by atoms with Crippen LogP contribution in [0.1, 0.15) is 25.0 Å². The Labute approximate surface area is 181 Å². The van der Waals surface area contributed by atoms with Gasteiger partial charge < -0.3 is 20.1 Å². The van der Waals surface area contributed by atoms with Crippen LogP contribution < -0.4 is 20.1 Å². The van der Waals surface area contributed by atoms with E-state index in [-0.39, 0.29) is 35.8 Å². The lowest BCUT2D eigenvalue weighted by molar-refractivity contribution is -0.0504. The van der Waals surface area contributed by atoms with E-state index in [2.05, 4.69) is 20.4 Å². The van der Waals surface area contributed by atoms with Crippen molar-refractivity contribution in [3.63, 3.8) is 0 Å². The maximum Gasteiger partial charge on any atom is 0.387 e. The van der Waals surface area contributed by atoms with Gasteiger partial charge in [-0.3, -0.25) is 4.99 Å². The zero-order valence-electron chi connectivity index (χ0n) is 16.1.